The molecule has 12 nitrogen and oxygen atoms in total. The maximum absolute atomic E-state index is 12.6. The largest absolute Gasteiger partial charge is 0.480 e. The molecular formula is C44H74NO11P. The molecule has 0 aliphatic carbocycles. The molecule has 0 rings (SSSR count). The van der Waals surface area contributed by atoms with E-state index in [-0.39, 0.29) is 25.6 Å². The molecule has 0 aliphatic rings. The molecule has 0 saturated carbocycles. The second-order valence-electron chi connectivity index (χ2n) is 13.9. The Morgan fingerprint density at radius 2 is 1.09 bits per heavy atom. The van der Waals surface area contributed by atoms with Crippen molar-refractivity contribution in [3.8, 4) is 0 Å². The number of allylic oxidation sites excluding steroid dienone is 12. The fraction of sp³-hybridized carbons (Fsp3) is 0.659. The second kappa shape index (κ2) is 38.4. The van der Waals surface area contributed by atoms with Crippen LogP contribution in [0.4, 0.5) is 0 Å². The van der Waals surface area contributed by atoms with Crippen LogP contribution < -0.4 is 5.73 Å². The van der Waals surface area contributed by atoms with Crippen molar-refractivity contribution in [1.29, 1.82) is 0 Å². The molecule has 0 heterocycles. The Kier molecular flexibility index (Phi) is 36.3. The number of phosphoric acid groups is 1. The molecule has 13 heteroatoms. The summed E-state index contributed by atoms with van der Waals surface area (Å²) in [5.41, 5.74) is 5.32. The maximum atomic E-state index is 12.6. The number of ether oxygens (including phenoxy) is 2. The third kappa shape index (κ3) is 38.2. The maximum Gasteiger partial charge on any atom is 0.472 e. The van der Waals surface area contributed by atoms with Gasteiger partial charge in [0.2, 0.25) is 0 Å². The zero-order valence-electron chi connectivity index (χ0n) is 34.8. The van der Waals surface area contributed by atoms with E-state index >= 15 is 0 Å². The molecule has 4 atom stereocenters. The summed E-state index contributed by atoms with van der Waals surface area (Å²) in [6.45, 7) is 2.40. The summed E-state index contributed by atoms with van der Waals surface area (Å²) in [6.07, 6.45) is 42.0. The lowest BCUT2D eigenvalue weighted by molar-refractivity contribution is -0.161. The smallest absolute Gasteiger partial charge is 0.472 e. The Labute approximate surface area is 343 Å². The number of hydrogen-bond acceptors (Lipinski definition) is 10. The van der Waals surface area contributed by atoms with Gasteiger partial charge in [0, 0.05) is 12.8 Å². The van der Waals surface area contributed by atoms with E-state index in [4.69, 9.17) is 24.8 Å². The van der Waals surface area contributed by atoms with E-state index in [0.29, 0.717) is 19.3 Å². The van der Waals surface area contributed by atoms with Gasteiger partial charge < -0.3 is 30.3 Å². The quantitative estimate of drug-likeness (QED) is 0.0200. The monoisotopic (exact) mass is 823 g/mol. The van der Waals surface area contributed by atoms with Gasteiger partial charge in [-0.05, 0) is 89.9 Å². The average molecular weight is 824 g/mol. The molecule has 0 aromatic heterocycles. The van der Waals surface area contributed by atoms with Gasteiger partial charge >= 0.3 is 25.7 Å². The van der Waals surface area contributed by atoms with Crippen molar-refractivity contribution in [3.63, 3.8) is 0 Å². The lowest BCUT2D eigenvalue weighted by atomic mass is 10.1. The van der Waals surface area contributed by atoms with Gasteiger partial charge in [-0.3, -0.25) is 23.4 Å². The molecule has 0 fully saturated rings. The molecule has 0 amide bonds. The lowest BCUT2D eigenvalue weighted by Gasteiger charge is -2.20. The van der Waals surface area contributed by atoms with Crippen molar-refractivity contribution >= 4 is 25.7 Å². The number of carboxylic acid groups (broad SMARTS) is 1. The van der Waals surface area contributed by atoms with Gasteiger partial charge in [0.1, 0.15) is 12.6 Å². The van der Waals surface area contributed by atoms with E-state index in [1.54, 1.807) is 0 Å². The van der Waals surface area contributed by atoms with E-state index < -0.39 is 51.1 Å². The second-order valence-corrected chi connectivity index (χ2v) is 15.4. The molecule has 0 aromatic rings. The van der Waals surface area contributed by atoms with Crippen LogP contribution in [0.25, 0.3) is 0 Å². The van der Waals surface area contributed by atoms with Gasteiger partial charge in [-0.2, -0.15) is 0 Å². The van der Waals surface area contributed by atoms with Crippen LogP contribution in [0.1, 0.15) is 149 Å². The van der Waals surface area contributed by atoms with Crippen molar-refractivity contribution in [2.45, 2.75) is 167 Å². The minimum absolute atomic E-state index is 0.0652. The van der Waals surface area contributed by atoms with E-state index in [0.717, 1.165) is 83.5 Å². The first-order valence-electron chi connectivity index (χ1n) is 21.0. The van der Waals surface area contributed by atoms with E-state index in [2.05, 4.69) is 72.2 Å². The van der Waals surface area contributed by atoms with E-state index in [9.17, 15) is 28.9 Å². The Morgan fingerprint density at radius 1 is 0.614 bits per heavy atom. The third-order valence-corrected chi connectivity index (χ3v) is 9.54. The Bertz CT molecular complexity index is 1260. The summed E-state index contributed by atoms with van der Waals surface area (Å²) < 4.78 is 32.6. The summed E-state index contributed by atoms with van der Waals surface area (Å²) in [5.74, 6) is -2.50. The first-order valence-corrected chi connectivity index (χ1v) is 22.5. The van der Waals surface area contributed by atoms with Gasteiger partial charge in [0.15, 0.2) is 6.10 Å². The van der Waals surface area contributed by atoms with Crippen molar-refractivity contribution in [3.05, 3.63) is 72.9 Å². The number of phosphoric ester groups is 1. The summed E-state index contributed by atoms with van der Waals surface area (Å²) in [6, 6.07) is -1.54. The molecule has 0 aromatic carbocycles. The molecule has 1 unspecified atom stereocenters. The highest BCUT2D eigenvalue weighted by molar-refractivity contribution is 7.47. The van der Waals surface area contributed by atoms with Crippen LogP contribution in [-0.4, -0.2) is 71.1 Å². The third-order valence-electron chi connectivity index (χ3n) is 8.59. The summed E-state index contributed by atoms with van der Waals surface area (Å²) in [4.78, 5) is 45.9. The molecule has 0 saturated heterocycles. The number of hydrogen-bond donors (Lipinski definition) is 4. The number of carbonyl (C=O) groups excluding carboxylic acids is 2. The number of nitrogens with two attached hydrogens (primary N) is 1. The molecule has 0 aliphatic heterocycles. The molecule has 0 bridgehead atoms. The highest BCUT2D eigenvalue weighted by Gasteiger charge is 2.28. The van der Waals surface area contributed by atoms with Crippen molar-refractivity contribution in [2.24, 2.45) is 5.73 Å². The summed E-state index contributed by atoms with van der Waals surface area (Å²) in [7, 11) is -4.74. The normalized spacial score (nSPS) is 15.0. The SMILES string of the molecule is CCCCC/C=C\C/C=C\CCCCCCCC(=O)OC[C@H](COP(=O)(O)OC[C@H](N)C(=O)O)OC(=O)CCC/C=C\C/C=C\C/C=C\C/C=C\CC[C@H](O)CC. The Hall–Kier alpha value is -3.12. The number of aliphatic hydroxyl groups excluding tert-OH is 1. The minimum Gasteiger partial charge on any atom is -0.480 e. The minimum atomic E-state index is -4.74. The molecule has 326 valence electrons. The number of carbonyl (C=O) groups is 3. The number of esters is 2. The van der Waals surface area contributed by atoms with Gasteiger partial charge in [-0.15, -0.1) is 0 Å². The van der Waals surface area contributed by atoms with Gasteiger partial charge in [0.05, 0.1) is 19.3 Å². The van der Waals surface area contributed by atoms with Gasteiger partial charge in [0.25, 0.3) is 0 Å². The van der Waals surface area contributed by atoms with Gasteiger partial charge in [-0.25, -0.2) is 4.57 Å². The predicted octanol–water partition coefficient (Wildman–Crippen LogP) is 9.92. The fourth-order valence-electron chi connectivity index (χ4n) is 5.07. The lowest BCUT2D eigenvalue weighted by Crippen LogP contribution is -2.34. The van der Waals surface area contributed by atoms with Crippen molar-refractivity contribution < 1.29 is 52.6 Å². The van der Waals surface area contributed by atoms with Crippen LogP contribution in [-0.2, 0) is 37.5 Å². The average Bonchev–Trinajstić information content (AvgIpc) is 3.19. The van der Waals surface area contributed by atoms with Crippen LogP contribution in [0.15, 0.2) is 72.9 Å². The molecule has 0 spiro atoms. The van der Waals surface area contributed by atoms with Crippen LogP contribution >= 0.6 is 7.82 Å². The van der Waals surface area contributed by atoms with E-state index in [1.807, 2.05) is 19.1 Å². The van der Waals surface area contributed by atoms with Crippen molar-refractivity contribution in [1.82, 2.24) is 0 Å². The number of aliphatic carboxylic acids is 1. The number of aliphatic hydroxyl groups is 1. The Morgan fingerprint density at radius 3 is 1.65 bits per heavy atom. The molecule has 0 radical (unpaired) electrons. The van der Waals surface area contributed by atoms with Crippen LogP contribution in [0.2, 0.25) is 0 Å². The number of unbranched alkanes of at least 4 members (excludes halogenated alkanes) is 9. The first kappa shape index (κ1) is 53.9. The standard InChI is InChI=1S/C44H74NO11P/c1-3-5-6-7-8-9-10-11-12-16-19-22-25-28-31-34-42(47)53-36-40(37-54-57(51,52)55-38-41(45)44(49)50)56-43(48)35-32-29-26-23-20-17-14-13-15-18-21-24-27-30-33-39(46)4-2/h8-9,11-12,14-15,17-18,23-24,26-27,39-41,46H,3-7,10,13,16,19-22,25,28-38,45H2,1-2H3,(H,49,50)(H,51,52)/b9-8-,12-11-,17-14-,18-15-,26-23-,27-24-/t39-,40-,41+/m1/s1. The molecule has 5 N–H and O–H groups in total. The first-order chi connectivity index (χ1) is 27.5. The summed E-state index contributed by atoms with van der Waals surface area (Å²) >= 11 is 0. The van der Waals surface area contributed by atoms with Crippen LogP contribution in [0.3, 0.4) is 0 Å². The molecule has 57 heavy (non-hydrogen) atoms. The van der Waals surface area contributed by atoms with Crippen LogP contribution in [0, 0.1) is 0 Å². The Balaban J connectivity index is 4.54. The zero-order valence-corrected chi connectivity index (χ0v) is 35.7. The predicted molar refractivity (Wildman–Crippen MR) is 227 cm³/mol. The molecular weight excluding hydrogens is 749 g/mol. The van der Waals surface area contributed by atoms with E-state index in [1.165, 1.54) is 19.3 Å². The number of carboxylic acids is 1. The zero-order chi connectivity index (χ0) is 42.2. The van der Waals surface area contributed by atoms with Crippen molar-refractivity contribution in [2.75, 3.05) is 19.8 Å². The number of rotatable bonds is 38. The van der Waals surface area contributed by atoms with Gasteiger partial charge in [-0.1, -0.05) is 119 Å². The highest BCUT2D eigenvalue weighted by Crippen LogP contribution is 2.43. The highest BCUT2D eigenvalue weighted by atomic mass is 31.2. The van der Waals surface area contributed by atoms with Crippen LogP contribution in [0.5, 0.6) is 0 Å². The fourth-order valence-corrected chi connectivity index (χ4v) is 5.84. The topological polar surface area (TPSA) is 192 Å². The summed E-state index contributed by atoms with van der Waals surface area (Å²) in [5, 5.41) is 18.4.